The van der Waals surface area contributed by atoms with Gasteiger partial charge in [-0.1, -0.05) is 24.3 Å². The van der Waals surface area contributed by atoms with Gasteiger partial charge in [0, 0.05) is 12.2 Å². The molecule has 1 aliphatic heterocycles. The minimum absolute atomic E-state index is 0.0718. The first-order chi connectivity index (χ1) is 10.3. The Balaban J connectivity index is 1.76. The van der Waals surface area contributed by atoms with Gasteiger partial charge in [0.2, 0.25) is 12.7 Å². The molecule has 1 aliphatic rings. The lowest BCUT2D eigenvalue weighted by Crippen LogP contribution is -2.31. The van der Waals surface area contributed by atoms with Crippen LogP contribution in [-0.2, 0) is 11.2 Å². The van der Waals surface area contributed by atoms with Crippen molar-refractivity contribution < 1.29 is 14.3 Å². The van der Waals surface area contributed by atoms with E-state index in [1.807, 2.05) is 55.5 Å². The summed E-state index contributed by atoms with van der Waals surface area (Å²) in [5, 5.41) is 0. The second-order valence-electron chi connectivity index (χ2n) is 4.84. The number of carbonyl (C=O) groups excluding carboxylic acids is 1. The zero-order valence-electron chi connectivity index (χ0n) is 11.9. The zero-order chi connectivity index (χ0) is 14.7. The molecule has 0 saturated heterocycles. The smallest absolute Gasteiger partial charge is 0.231 e. The first-order valence-corrected chi connectivity index (χ1v) is 7.02. The number of hydrogen-bond donors (Lipinski definition) is 0. The summed E-state index contributed by atoms with van der Waals surface area (Å²) in [7, 11) is 0. The first kappa shape index (κ1) is 13.5. The average Bonchev–Trinajstić information content (AvgIpc) is 2.96. The highest BCUT2D eigenvalue weighted by atomic mass is 16.7. The van der Waals surface area contributed by atoms with Crippen molar-refractivity contribution in [2.75, 3.05) is 18.2 Å². The highest BCUT2D eigenvalue weighted by molar-refractivity contribution is 5.94. The third kappa shape index (κ3) is 2.84. The average molecular weight is 283 g/mol. The van der Waals surface area contributed by atoms with E-state index in [1.54, 1.807) is 4.90 Å². The number of benzene rings is 2. The third-order valence-electron chi connectivity index (χ3n) is 3.48. The van der Waals surface area contributed by atoms with E-state index >= 15 is 0 Å². The SMILES string of the molecule is CCN(C(=O)Cc1ccc2c(c1)OCO2)c1ccccc1. The van der Waals surface area contributed by atoms with E-state index in [0.717, 1.165) is 17.0 Å². The van der Waals surface area contributed by atoms with E-state index < -0.39 is 0 Å². The summed E-state index contributed by atoms with van der Waals surface area (Å²) in [6.45, 7) is 2.87. The van der Waals surface area contributed by atoms with Crippen LogP contribution in [0, 0.1) is 0 Å². The molecule has 0 spiro atoms. The standard InChI is InChI=1S/C17H17NO3/c1-2-18(14-6-4-3-5-7-14)17(19)11-13-8-9-15-16(10-13)21-12-20-15/h3-10H,2,11-12H2,1H3. The molecule has 1 amide bonds. The molecule has 4 nitrogen and oxygen atoms in total. The van der Waals surface area contributed by atoms with Gasteiger partial charge in [-0.15, -0.1) is 0 Å². The molecule has 108 valence electrons. The van der Waals surface area contributed by atoms with Crippen molar-refractivity contribution in [3.8, 4) is 11.5 Å². The number of anilines is 1. The molecule has 21 heavy (non-hydrogen) atoms. The first-order valence-electron chi connectivity index (χ1n) is 7.02. The predicted molar refractivity (Wildman–Crippen MR) is 80.7 cm³/mol. The van der Waals surface area contributed by atoms with Crippen LogP contribution in [0.25, 0.3) is 0 Å². The molecule has 0 N–H and O–H groups in total. The summed E-state index contributed by atoms with van der Waals surface area (Å²) >= 11 is 0. The molecule has 0 radical (unpaired) electrons. The van der Waals surface area contributed by atoms with Gasteiger partial charge < -0.3 is 14.4 Å². The van der Waals surface area contributed by atoms with Gasteiger partial charge in [0.1, 0.15) is 0 Å². The highest BCUT2D eigenvalue weighted by Crippen LogP contribution is 2.32. The normalized spacial score (nSPS) is 12.2. The summed E-state index contributed by atoms with van der Waals surface area (Å²) in [5.41, 5.74) is 1.85. The van der Waals surface area contributed by atoms with Crippen molar-refractivity contribution in [3.63, 3.8) is 0 Å². The minimum Gasteiger partial charge on any atom is -0.454 e. The fourth-order valence-electron chi connectivity index (χ4n) is 2.43. The number of rotatable bonds is 4. The van der Waals surface area contributed by atoms with Crippen molar-refractivity contribution in [3.05, 3.63) is 54.1 Å². The maximum absolute atomic E-state index is 12.5. The van der Waals surface area contributed by atoms with Gasteiger partial charge in [-0.3, -0.25) is 4.79 Å². The monoisotopic (exact) mass is 283 g/mol. The molecule has 0 aromatic heterocycles. The fourth-order valence-corrected chi connectivity index (χ4v) is 2.43. The molecular weight excluding hydrogens is 266 g/mol. The van der Waals surface area contributed by atoms with Gasteiger partial charge in [-0.05, 0) is 36.8 Å². The van der Waals surface area contributed by atoms with Crippen LogP contribution in [0.5, 0.6) is 11.5 Å². The van der Waals surface area contributed by atoms with E-state index in [1.165, 1.54) is 0 Å². The number of nitrogens with zero attached hydrogens (tertiary/aromatic N) is 1. The Morgan fingerprint density at radius 2 is 1.86 bits per heavy atom. The lowest BCUT2D eigenvalue weighted by atomic mass is 10.1. The van der Waals surface area contributed by atoms with E-state index in [2.05, 4.69) is 0 Å². The molecule has 2 aromatic rings. The Bertz CT molecular complexity index is 640. The quantitative estimate of drug-likeness (QED) is 0.865. The van der Waals surface area contributed by atoms with Crippen molar-refractivity contribution in [1.29, 1.82) is 0 Å². The van der Waals surface area contributed by atoms with Crippen LogP contribution in [0.15, 0.2) is 48.5 Å². The van der Waals surface area contributed by atoms with Crippen molar-refractivity contribution >= 4 is 11.6 Å². The van der Waals surface area contributed by atoms with Crippen LogP contribution in [0.4, 0.5) is 5.69 Å². The van der Waals surface area contributed by atoms with Crippen LogP contribution in [-0.4, -0.2) is 19.2 Å². The second-order valence-corrected chi connectivity index (χ2v) is 4.84. The van der Waals surface area contributed by atoms with Gasteiger partial charge >= 0.3 is 0 Å². The molecule has 0 unspecified atom stereocenters. The molecule has 0 fully saturated rings. The summed E-state index contributed by atoms with van der Waals surface area (Å²) in [5.74, 6) is 1.52. The molecule has 2 aromatic carbocycles. The van der Waals surface area contributed by atoms with Crippen LogP contribution in [0.1, 0.15) is 12.5 Å². The Kier molecular flexibility index (Phi) is 3.77. The summed E-state index contributed by atoms with van der Waals surface area (Å²) < 4.78 is 10.6. The van der Waals surface area contributed by atoms with E-state index in [0.29, 0.717) is 18.7 Å². The van der Waals surface area contributed by atoms with Gasteiger partial charge in [0.05, 0.1) is 6.42 Å². The van der Waals surface area contributed by atoms with Crippen molar-refractivity contribution in [2.24, 2.45) is 0 Å². The number of para-hydroxylation sites is 1. The fraction of sp³-hybridized carbons (Fsp3) is 0.235. The molecule has 4 heteroatoms. The topological polar surface area (TPSA) is 38.8 Å². The number of amides is 1. The van der Waals surface area contributed by atoms with Crippen LogP contribution in [0.3, 0.4) is 0 Å². The Morgan fingerprint density at radius 3 is 2.62 bits per heavy atom. The van der Waals surface area contributed by atoms with Gasteiger partial charge in [-0.25, -0.2) is 0 Å². The Morgan fingerprint density at radius 1 is 1.10 bits per heavy atom. The maximum atomic E-state index is 12.5. The molecule has 3 rings (SSSR count). The van der Waals surface area contributed by atoms with E-state index in [9.17, 15) is 4.79 Å². The van der Waals surface area contributed by atoms with Gasteiger partial charge in [0.25, 0.3) is 0 Å². The van der Waals surface area contributed by atoms with Crippen LogP contribution >= 0.6 is 0 Å². The molecule has 1 heterocycles. The van der Waals surface area contributed by atoms with E-state index in [-0.39, 0.29) is 12.7 Å². The Hall–Kier alpha value is -2.49. The van der Waals surface area contributed by atoms with Crippen molar-refractivity contribution in [2.45, 2.75) is 13.3 Å². The lowest BCUT2D eigenvalue weighted by Gasteiger charge is -2.21. The maximum Gasteiger partial charge on any atom is 0.231 e. The predicted octanol–water partition coefficient (Wildman–Crippen LogP) is 3.01. The van der Waals surface area contributed by atoms with Gasteiger partial charge in [0.15, 0.2) is 11.5 Å². The lowest BCUT2D eigenvalue weighted by molar-refractivity contribution is -0.117. The molecular formula is C17H17NO3. The molecule has 0 atom stereocenters. The van der Waals surface area contributed by atoms with Crippen LogP contribution in [0.2, 0.25) is 0 Å². The third-order valence-corrected chi connectivity index (χ3v) is 3.48. The van der Waals surface area contributed by atoms with Crippen molar-refractivity contribution in [1.82, 2.24) is 0 Å². The summed E-state index contributed by atoms with van der Waals surface area (Å²) in [6, 6.07) is 15.3. The van der Waals surface area contributed by atoms with E-state index in [4.69, 9.17) is 9.47 Å². The molecule has 0 aliphatic carbocycles. The number of carbonyl (C=O) groups is 1. The molecule has 0 bridgehead atoms. The minimum atomic E-state index is 0.0718. The highest BCUT2D eigenvalue weighted by Gasteiger charge is 2.17. The summed E-state index contributed by atoms with van der Waals surface area (Å²) in [4.78, 5) is 14.3. The second kappa shape index (κ2) is 5.87. The number of fused-ring (bicyclic) bond motifs is 1. The number of likely N-dealkylation sites (N-methyl/N-ethyl adjacent to an activating group) is 1. The molecule has 0 saturated carbocycles. The number of ether oxygens (including phenoxy) is 2. The van der Waals surface area contributed by atoms with Crippen LogP contribution < -0.4 is 14.4 Å². The largest absolute Gasteiger partial charge is 0.454 e. The summed E-state index contributed by atoms with van der Waals surface area (Å²) in [6.07, 6.45) is 0.347. The zero-order valence-corrected chi connectivity index (χ0v) is 11.9. The Labute approximate surface area is 123 Å². The van der Waals surface area contributed by atoms with Gasteiger partial charge in [-0.2, -0.15) is 0 Å². The number of hydrogen-bond acceptors (Lipinski definition) is 3.